The molecule has 0 rings (SSSR count). The number of ether oxygens (including phenoxy) is 1. The first kappa shape index (κ1) is 20.7. The summed E-state index contributed by atoms with van der Waals surface area (Å²) in [6, 6.07) is 0. The number of rotatable bonds is 15. The molecule has 0 aliphatic carbocycles. The molecule has 22 heavy (non-hydrogen) atoms. The zero-order valence-corrected chi connectivity index (χ0v) is 14.1. The molecule has 0 aliphatic heterocycles. The lowest BCUT2D eigenvalue weighted by atomic mass is 10.1. The van der Waals surface area contributed by atoms with Crippen LogP contribution < -0.4 is 5.32 Å². The number of carbonyl (C=O) groups is 2. The fourth-order valence-corrected chi connectivity index (χ4v) is 2.31. The lowest BCUT2D eigenvalue weighted by Crippen LogP contribution is -2.30. The summed E-state index contributed by atoms with van der Waals surface area (Å²) < 4.78 is 4.87. The molecule has 0 atom stereocenters. The number of carbonyl (C=O) groups excluding carboxylic acids is 1. The summed E-state index contributed by atoms with van der Waals surface area (Å²) in [5.41, 5.74) is 0. The largest absolute Gasteiger partial charge is 0.480 e. The van der Waals surface area contributed by atoms with Gasteiger partial charge in [0.15, 0.2) is 0 Å². The van der Waals surface area contributed by atoms with Gasteiger partial charge in [0.25, 0.3) is 0 Å². The first-order valence-corrected chi connectivity index (χ1v) is 8.79. The van der Waals surface area contributed by atoms with Crippen molar-refractivity contribution in [2.24, 2.45) is 0 Å². The zero-order chi connectivity index (χ0) is 16.5. The van der Waals surface area contributed by atoms with Crippen molar-refractivity contribution < 1.29 is 19.4 Å². The summed E-state index contributed by atoms with van der Waals surface area (Å²) in [6.45, 7) is 2.22. The van der Waals surface area contributed by atoms with E-state index < -0.39 is 18.6 Å². The van der Waals surface area contributed by atoms with Gasteiger partial charge in [0.05, 0.1) is 6.61 Å². The van der Waals surface area contributed by atoms with Gasteiger partial charge in [0.2, 0.25) is 0 Å². The molecule has 0 unspecified atom stereocenters. The molecular formula is C17H33NO4. The van der Waals surface area contributed by atoms with Crippen LogP contribution in [-0.4, -0.2) is 30.3 Å². The fourth-order valence-electron chi connectivity index (χ4n) is 2.31. The Bertz CT molecular complexity index is 282. The molecule has 0 saturated carbocycles. The molecule has 1 amide bonds. The second-order valence-electron chi connectivity index (χ2n) is 5.77. The zero-order valence-electron chi connectivity index (χ0n) is 14.1. The number of unbranched alkanes of at least 4 members (excludes halogenated alkanes) is 11. The van der Waals surface area contributed by atoms with Crippen molar-refractivity contribution in [2.75, 3.05) is 13.2 Å². The number of aliphatic carboxylic acids is 1. The van der Waals surface area contributed by atoms with E-state index in [4.69, 9.17) is 9.84 Å². The molecule has 0 spiro atoms. The Morgan fingerprint density at radius 1 is 0.818 bits per heavy atom. The Balaban J connectivity index is 3.11. The fraction of sp³-hybridized carbons (Fsp3) is 0.882. The van der Waals surface area contributed by atoms with Crippen molar-refractivity contribution in [1.29, 1.82) is 0 Å². The van der Waals surface area contributed by atoms with Crippen LogP contribution in [0.25, 0.3) is 0 Å². The van der Waals surface area contributed by atoms with Crippen LogP contribution >= 0.6 is 0 Å². The minimum absolute atomic E-state index is 0.364. The van der Waals surface area contributed by atoms with Crippen LogP contribution in [0.5, 0.6) is 0 Å². The molecule has 0 aliphatic rings. The van der Waals surface area contributed by atoms with Crippen LogP contribution in [0.3, 0.4) is 0 Å². The van der Waals surface area contributed by atoms with Crippen molar-refractivity contribution in [3.05, 3.63) is 0 Å². The second kappa shape index (κ2) is 16.1. The lowest BCUT2D eigenvalue weighted by Gasteiger charge is -2.05. The van der Waals surface area contributed by atoms with Crippen molar-refractivity contribution in [1.82, 2.24) is 5.32 Å². The molecule has 0 radical (unpaired) electrons. The molecule has 0 aromatic carbocycles. The summed E-state index contributed by atoms with van der Waals surface area (Å²) in [4.78, 5) is 21.3. The minimum Gasteiger partial charge on any atom is -0.480 e. The van der Waals surface area contributed by atoms with Crippen LogP contribution in [0, 0.1) is 0 Å². The van der Waals surface area contributed by atoms with Gasteiger partial charge in [0.1, 0.15) is 6.54 Å². The third kappa shape index (κ3) is 16.8. The van der Waals surface area contributed by atoms with E-state index in [1.807, 2.05) is 0 Å². The van der Waals surface area contributed by atoms with E-state index >= 15 is 0 Å². The molecule has 0 aromatic rings. The van der Waals surface area contributed by atoms with Crippen LogP contribution in [0.1, 0.15) is 84.0 Å². The highest BCUT2D eigenvalue weighted by atomic mass is 16.5. The number of alkyl carbamates (subject to hydrolysis) is 1. The second-order valence-corrected chi connectivity index (χ2v) is 5.77. The molecule has 0 aromatic heterocycles. The number of amides is 1. The molecule has 5 heteroatoms. The third-order valence-electron chi connectivity index (χ3n) is 3.61. The van der Waals surface area contributed by atoms with Gasteiger partial charge in [-0.15, -0.1) is 0 Å². The minimum atomic E-state index is -1.07. The molecule has 0 fully saturated rings. The Labute approximate surface area is 134 Å². The summed E-state index contributed by atoms with van der Waals surface area (Å²) in [5.74, 6) is -1.07. The quantitative estimate of drug-likeness (QED) is 0.436. The van der Waals surface area contributed by atoms with Gasteiger partial charge in [0, 0.05) is 0 Å². The Kier molecular flexibility index (Phi) is 15.2. The Morgan fingerprint density at radius 2 is 1.27 bits per heavy atom. The molecule has 2 N–H and O–H groups in total. The van der Waals surface area contributed by atoms with E-state index in [0.717, 1.165) is 12.8 Å². The lowest BCUT2D eigenvalue weighted by molar-refractivity contribution is -0.135. The summed E-state index contributed by atoms with van der Waals surface area (Å²) in [5, 5.41) is 10.5. The van der Waals surface area contributed by atoms with Crippen LogP contribution in [-0.2, 0) is 9.53 Å². The van der Waals surface area contributed by atoms with E-state index in [0.29, 0.717) is 6.61 Å². The van der Waals surface area contributed by atoms with Crippen LogP contribution in [0.15, 0.2) is 0 Å². The molecule has 130 valence electrons. The molecule has 0 bridgehead atoms. The maximum atomic E-state index is 11.1. The predicted octanol–water partition coefficient (Wildman–Crippen LogP) is 4.50. The van der Waals surface area contributed by atoms with Crippen molar-refractivity contribution in [3.8, 4) is 0 Å². The Hall–Kier alpha value is -1.26. The first-order chi connectivity index (χ1) is 10.7. The van der Waals surface area contributed by atoms with Crippen LogP contribution in [0.4, 0.5) is 4.79 Å². The van der Waals surface area contributed by atoms with E-state index in [-0.39, 0.29) is 0 Å². The van der Waals surface area contributed by atoms with Gasteiger partial charge in [-0.3, -0.25) is 4.79 Å². The van der Waals surface area contributed by atoms with Crippen molar-refractivity contribution >= 4 is 12.1 Å². The Morgan fingerprint density at radius 3 is 1.73 bits per heavy atom. The smallest absolute Gasteiger partial charge is 0.407 e. The number of carboxylic acid groups (broad SMARTS) is 1. The van der Waals surface area contributed by atoms with E-state index in [1.165, 1.54) is 64.2 Å². The first-order valence-electron chi connectivity index (χ1n) is 8.79. The standard InChI is InChI=1S/C17H33NO4/c1-2-3-4-5-6-7-8-9-10-11-12-13-14-22-17(21)18-15-16(19)20/h2-15H2,1H3,(H,18,21)(H,19,20). The van der Waals surface area contributed by atoms with Crippen LogP contribution in [0.2, 0.25) is 0 Å². The van der Waals surface area contributed by atoms with Crippen molar-refractivity contribution in [2.45, 2.75) is 84.0 Å². The third-order valence-corrected chi connectivity index (χ3v) is 3.61. The monoisotopic (exact) mass is 315 g/mol. The topological polar surface area (TPSA) is 75.6 Å². The predicted molar refractivity (Wildman–Crippen MR) is 88.1 cm³/mol. The highest BCUT2D eigenvalue weighted by Crippen LogP contribution is 2.11. The highest BCUT2D eigenvalue weighted by molar-refractivity contribution is 5.76. The average Bonchev–Trinajstić information content (AvgIpc) is 2.49. The van der Waals surface area contributed by atoms with Gasteiger partial charge < -0.3 is 15.2 Å². The maximum Gasteiger partial charge on any atom is 0.407 e. The van der Waals surface area contributed by atoms with E-state index in [1.54, 1.807) is 0 Å². The number of nitrogens with one attached hydrogen (secondary N) is 1. The molecule has 0 heterocycles. The van der Waals surface area contributed by atoms with E-state index in [9.17, 15) is 9.59 Å². The SMILES string of the molecule is CCCCCCCCCCCCCCOC(=O)NCC(=O)O. The molecule has 0 saturated heterocycles. The van der Waals surface area contributed by atoms with Gasteiger partial charge in [-0.25, -0.2) is 4.79 Å². The highest BCUT2D eigenvalue weighted by Gasteiger charge is 2.03. The van der Waals surface area contributed by atoms with Gasteiger partial charge in [-0.05, 0) is 6.42 Å². The summed E-state index contributed by atoms with van der Waals surface area (Å²) in [6.07, 6.45) is 14.5. The van der Waals surface area contributed by atoms with Gasteiger partial charge in [-0.2, -0.15) is 0 Å². The van der Waals surface area contributed by atoms with E-state index in [2.05, 4.69) is 12.2 Å². The maximum absolute atomic E-state index is 11.1. The number of hydrogen-bond donors (Lipinski definition) is 2. The molecule has 5 nitrogen and oxygen atoms in total. The van der Waals surface area contributed by atoms with Gasteiger partial charge in [-0.1, -0.05) is 77.6 Å². The normalized spacial score (nSPS) is 10.4. The summed E-state index contributed by atoms with van der Waals surface area (Å²) in [7, 11) is 0. The number of hydrogen-bond acceptors (Lipinski definition) is 3. The summed E-state index contributed by atoms with van der Waals surface area (Å²) >= 11 is 0. The number of carboxylic acids is 1. The van der Waals surface area contributed by atoms with Crippen molar-refractivity contribution in [3.63, 3.8) is 0 Å². The van der Waals surface area contributed by atoms with Gasteiger partial charge >= 0.3 is 12.1 Å². The average molecular weight is 315 g/mol. The molecular weight excluding hydrogens is 282 g/mol.